The van der Waals surface area contributed by atoms with Gasteiger partial charge in [-0.25, -0.2) is 22.2 Å². The summed E-state index contributed by atoms with van der Waals surface area (Å²) in [6.07, 6.45) is 3.28. The van der Waals surface area contributed by atoms with Crippen LogP contribution in [-0.4, -0.2) is 70.2 Å². The van der Waals surface area contributed by atoms with Crippen LogP contribution in [0.4, 0.5) is 4.79 Å². The zero-order chi connectivity index (χ0) is 33.1. The number of nitrogens with one attached hydrogen (secondary N) is 1. The van der Waals surface area contributed by atoms with Crippen LogP contribution in [0.1, 0.15) is 62.2 Å². The zero-order valence-corrected chi connectivity index (χ0v) is 28.1. The van der Waals surface area contributed by atoms with E-state index in [0.29, 0.717) is 52.4 Å². The predicted octanol–water partition coefficient (Wildman–Crippen LogP) is 5.29. The fourth-order valence-corrected chi connectivity index (χ4v) is 8.38. The number of piperidine rings is 1. The van der Waals surface area contributed by atoms with Gasteiger partial charge in [0, 0.05) is 36.6 Å². The molecule has 12 heteroatoms. The maximum Gasteiger partial charge on any atom is 0.407 e. The first-order chi connectivity index (χ1) is 21.7. The maximum absolute atomic E-state index is 14.0. The lowest BCUT2D eigenvalue weighted by atomic mass is 10.1. The van der Waals surface area contributed by atoms with Crippen molar-refractivity contribution in [2.24, 2.45) is 13.0 Å². The molecule has 4 aromatic rings. The van der Waals surface area contributed by atoms with E-state index < -0.39 is 21.7 Å². The first-order valence-electron chi connectivity index (χ1n) is 15.6. The van der Waals surface area contributed by atoms with Crippen LogP contribution in [0.25, 0.3) is 22.4 Å². The van der Waals surface area contributed by atoms with E-state index in [9.17, 15) is 18.0 Å². The van der Waals surface area contributed by atoms with Crippen molar-refractivity contribution in [3.63, 3.8) is 0 Å². The Kier molecular flexibility index (Phi) is 7.90. The molecule has 0 spiro atoms. The standard InChI is InChI=1S/C34H41N5O6S/c1-8-26-24(15-16-39(26)46(42,43)23-12-9-20(2)10-13-23)31-35-25-17-22(18-28(44-7)30(25)37(31)6)32(40)38-19-21-11-14-27(38)29(21)36-33(41)45-34(3,4)5/h9-10,12-13,15-18,21,27,29H,8,11,14,19H2,1-7H3,(H,36,41)/t21-,27-,29-/m1/s1. The van der Waals surface area contributed by atoms with Gasteiger partial charge in [0.05, 0.1) is 29.6 Å². The lowest BCUT2D eigenvalue weighted by Gasteiger charge is -2.28. The molecule has 1 saturated carbocycles. The number of benzene rings is 2. The maximum atomic E-state index is 14.0. The monoisotopic (exact) mass is 647 g/mol. The number of aromatic nitrogens is 3. The van der Waals surface area contributed by atoms with Crippen molar-refractivity contribution in [1.82, 2.24) is 23.7 Å². The van der Waals surface area contributed by atoms with Crippen LogP contribution in [0.15, 0.2) is 53.6 Å². The first kappa shape index (κ1) is 31.7. The highest BCUT2D eigenvalue weighted by atomic mass is 32.2. The molecule has 6 rings (SSSR count). The van der Waals surface area contributed by atoms with Gasteiger partial charge in [-0.3, -0.25) is 4.79 Å². The summed E-state index contributed by atoms with van der Waals surface area (Å²) < 4.78 is 41.7. The number of hydrogen-bond acceptors (Lipinski definition) is 7. The summed E-state index contributed by atoms with van der Waals surface area (Å²) in [7, 11) is -0.418. The van der Waals surface area contributed by atoms with Gasteiger partial charge in [0.15, 0.2) is 0 Å². The number of carbonyl (C=O) groups is 2. The van der Waals surface area contributed by atoms with E-state index in [1.807, 2.05) is 51.1 Å². The molecule has 3 heterocycles. The number of amides is 2. The Hall–Kier alpha value is -4.32. The molecule has 2 fully saturated rings. The van der Waals surface area contributed by atoms with Crippen molar-refractivity contribution < 1.29 is 27.5 Å². The van der Waals surface area contributed by atoms with Crippen molar-refractivity contribution in [1.29, 1.82) is 0 Å². The normalized spacial score (nSPS) is 19.5. The van der Waals surface area contributed by atoms with E-state index in [1.54, 1.807) is 55.8 Å². The summed E-state index contributed by atoms with van der Waals surface area (Å²) in [5, 5.41) is 3.01. The quantitative estimate of drug-likeness (QED) is 0.289. The Morgan fingerprint density at radius 2 is 1.80 bits per heavy atom. The van der Waals surface area contributed by atoms with Crippen LogP contribution in [0, 0.1) is 12.8 Å². The molecule has 11 nitrogen and oxygen atoms in total. The average molecular weight is 648 g/mol. The number of ether oxygens (including phenoxy) is 2. The van der Waals surface area contributed by atoms with E-state index in [1.165, 1.54) is 3.97 Å². The molecule has 1 N–H and O–H groups in total. The molecule has 2 aromatic heterocycles. The summed E-state index contributed by atoms with van der Waals surface area (Å²) in [6, 6.07) is 11.8. The lowest BCUT2D eigenvalue weighted by molar-refractivity contribution is 0.0485. The second-order valence-corrected chi connectivity index (χ2v) is 15.0. The number of carbonyl (C=O) groups excluding carboxylic acids is 2. The van der Waals surface area contributed by atoms with Crippen molar-refractivity contribution >= 4 is 33.1 Å². The number of alkyl carbamates (subject to hydrolysis) is 1. The van der Waals surface area contributed by atoms with Gasteiger partial charge in [-0.2, -0.15) is 0 Å². The van der Waals surface area contributed by atoms with Crippen LogP contribution < -0.4 is 10.1 Å². The number of imidazole rings is 1. The Balaban J connectivity index is 1.33. The molecule has 1 aliphatic heterocycles. The van der Waals surface area contributed by atoms with Gasteiger partial charge in [0.25, 0.3) is 15.9 Å². The Bertz CT molecular complexity index is 1940. The number of likely N-dealkylation sites (tertiary alicyclic amines) is 1. The molecular formula is C34H41N5O6S. The van der Waals surface area contributed by atoms with Crippen molar-refractivity contribution in [3.05, 3.63) is 65.5 Å². The van der Waals surface area contributed by atoms with Gasteiger partial charge in [-0.05, 0) is 83.2 Å². The topological polar surface area (TPSA) is 125 Å². The predicted molar refractivity (Wildman–Crippen MR) is 175 cm³/mol. The fraction of sp³-hybridized carbons (Fsp3) is 0.441. The largest absolute Gasteiger partial charge is 0.494 e. The second kappa shape index (κ2) is 11.5. The lowest BCUT2D eigenvalue weighted by Crippen LogP contribution is -2.46. The van der Waals surface area contributed by atoms with Crippen LogP contribution in [0.3, 0.4) is 0 Å². The van der Waals surface area contributed by atoms with E-state index in [2.05, 4.69) is 5.32 Å². The third-order valence-corrected chi connectivity index (χ3v) is 10.8. The molecule has 244 valence electrons. The minimum absolute atomic E-state index is 0.131. The third-order valence-electron chi connectivity index (χ3n) is 9.04. The second-order valence-electron chi connectivity index (χ2n) is 13.2. The molecule has 46 heavy (non-hydrogen) atoms. The first-order valence-corrected chi connectivity index (χ1v) is 17.0. The number of fused-ring (bicyclic) bond motifs is 3. The molecule has 2 aromatic carbocycles. The molecule has 1 saturated heterocycles. The van der Waals surface area contributed by atoms with Gasteiger partial charge in [0.1, 0.15) is 22.7 Å². The van der Waals surface area contributed by atoms with Crippen molar-refractivity contribution in [3.8, 4) is 17.1 Å². The van der Waals surface area contributed by atoms with Crippen LogP contribution in [0.2, 0.25) is 0 Å². The fourth-order valence-electron chi connectivity index (χ4n) is 6.93. The molecule has 0 unspecified atom stereocenters. The van der Waals surface area contributed by atoms with Crippen LogP contribution >= 0.6 is 0 Å². The SMILES string of the molecule is CCc1c(-c2nc3cc(C(=O)N4C[C@H]5CC[C@@H]4[C@@H]5NC(=O)OC(C)(C)C)cc(OC)c3n2C)ccn1S(=O)(=O)c1ccc(C)cc1. The Morgan fingerprint density at radius 1 is 1.09 bits per heavy atom. The van der Waals surface area contributed by atoms with Crippen molar-refractivity contribution in [2.45, 2.75) is 76.5 Å². The van der Waals surface area contributed by atoms with Crippen molar-refractivity contribution in [2.75, 3.05) is 13.7 Å². The minimum Gasteiger partial charge on any atom is -0.494 e. The highest BCUT2D eigenvalue weighted by molar-refractivity contribution is 7.90. The molecular weight excluding hydrogens is 606 g/mol. The summed E-state index contributed by atoms with van der Waals surface area (Å²) in [5.41, 5.74) is 3.34. The number of aryl methyl sites for hydroxylation is 2. The minimum atomic E-state index is -3.82. The number of methoxy groups -OCH3 is 1. The molecule has 2 bridgehead atoms. The van der Waals surface area contributed by atoms with E-state index >= 15 is 0 Å². The number of nitrogens with zero attached hydrogens (tertiary/aromatic N) is 4. The molecule has 2 aliphatic rings. The molecule has 2 amide bonds. The van der Waals surface area contributed by atoms with Crippen LogP contribution in [-0.2, 0) is 28.2 Å². The molecule has 0 radical (unpaired) electrons. The summed E-state index contributed by atoms with van der Waals surface area (Å²) in [6.45, 7) is 9.84. The smallest absolute Gasteiger partial charge is 0.407 e. The Labute approximate surface area is 269 Å². The van der Waals surface area contributed by atoms with E-state index in [0.717, 1.165) is 18.4 Å². The van der Waals surface area contributed by atoms with Gasteiger partial charge < -0.3 is 24.3 Å². The van der Waals surface area contributed by atoms with Gasteiger partial charge in [-0.15, -0.1) is 0 Å². The van der Waals surface area contributed by atoms with E-state index in [-0.39, 0.29) is 28.8 Å². The van der Waals surface area contributed by atoms with Gasteiger partial charge in [-0.1, -0.05) is 24.6 Å². The van der Waals surface area contributed by atoms with E-state index in [4.69, 9.17) is 14.5 Å². The average Bonchev–Trinajstić information content (AvgIpc) is 3.77. The highest BCUT2D eigenvalue weighted by Gasteiger charge is 2.50. The molecule has 1 aliphatic carbocycles. The van der Waals surface area contributed by atoms with Gasteiger partial charge >= 0.3 is 6.09 Å². The zero-order valence-electron chi connectivity index (χ0n) is 27.3. The summed E-state index contributed by atoms with van der Waals surface area (Å²) in [5.74, 6) is 1.05. The summed E-state index contributed by atoms with van der Waals surface area (Å²) >= 11 is 0. The number of hydrogen-bond donors (Lipinski definition) is 1. The third kappa shape index (κ3) is 5.42. The Morgan fingerprint density at radius 3 is 2.46 bits per heavy atom. The number of rotatable bonds is 7. The van der Waals surface area contributed by atoms with Gasteiger partial charge in [0.2, 0.25) is 0 Å². The highest BCUT2D eigenvalue weighted by Crippen LogP contribution is 2.40. The summed E-state index contributed by atoms with van der Waals surface area (Å²) in [4.78, 5) is 33.5. The molecule has 3 atom stereocenters. The van der Waals surface area contributed by atoms with Crippen LogP contribution in [0.5, 0.6) is 5.75 Å².